The summed E-state index contributed by atoms with van der Waals surface area (Å²) in [5, 5.41) is 2.70. The molecule has 0 radical (unpaired) electrons. The number of pyridine rings is 1. The molecule has 0 saturated carbocycles. The zero-order valence-corrected chi connectivity index (χ0v) is 17.7. The number of anilines is 2. The SMILES string of the molecule is C=CC(=O)Nc1ccc(-c2cc(N)ncc2-c2ccc(Oc3nccc(C)n3)c(F)c2)cc1. The maximum Gasteiger partial charge on any atom is 0.322 e. The van der Waals surface area contributed by atoms with Crippen molar-refractivity contribution in [2.24, 2.45) is 0 Å². The van der Waals surface area contributed by atoms with Crippen LogP contribution in [0.5, 0.6) is 11.8 Å². The van der Waals surface area contributed by atoms with Crippen molar-refractivity contribution in [2.75, 3.05) is 11.1 Å². The zero-order valence-electron chi connectivity index (χ0n) is 17.7. The molecule has 0 spiro atoms. The van der Waals surface area contributed by atoms with E-state index in [4.69, 9.17) is 10.5 Å². The molecule has 0 aliphatic carbocycles. The Kier molecular flexibility index (Phi) is 6.08. The number of carbonyl (C=O) groups is 1. The van der Waals surface area contributed by atoms with Crippen LogP contribution in [0.15, 0.2) is 79.6 Å². The third-order valence-corrected chi connectivity index (χ3v) is 4.79. The molecule has 2 heterocycles. The second-order valence-corrected chi connectivity index (χ2v) is 7.15. The molecule has 4 aromatic rings. The number of carbonyl (C=O) groups excluding carboxylic acids is 1. The van der Waals surface area contributed by atoms with Gasteiger partial charge >= 0.3 is 6.01 Å². The molecule has 1 amide bonds. The van der Waals surface area contributed by atoms with Gasteiger partial charge in [0.2, 0.25) is 5.91 Å². The summed E-state index contributed by atoms with van der Waals surface area (Å²) in [5.41, 5.74) is 10.1. The summed E-state index contributed by atoms with van der Waals surface area (Å²) >= 11 is 0. The molecular formula is C25H20FN5O2. The number of hydrogen-bond donors (Lipinski definition) is 2. The second-order valence-electron chi connectivity index (χ2n) is 7.15. The van der Waals surface area contributed by atoms with Gasteiger partial charge in [0.25, 0.3) is 0 Å². The Morgan fingerprint density at radius 1 is 1.06 bits per heavy atom. The van der Waals surface area contributed by atoms with Crippen LogP contribution in [0.3, 0.4) is 0 Å². The quantitative estimate of drug-likeness (QED) is 0.401. The lowest BCUT2D eigenvalue weighted by molar-refractivity contribution is -0.111. The number of amides is 1. The van der Waals surface area contributed by atoms with Gasteiger partial charge in [0.1, 0.15) is 5.82 Å². The Bertz CT molecular complexity index is 1340. The fourth-order valence-electron chi connectivity index (χ4n) is 3.19. The van der Waals surface area contributed by atoms with Crippen molar-refractivity contribution < 1.29 is 13.9 Å². The van der Waals surface area contributed by atoms with Gasteiger partial charge in [0.15, 0.2) is 11.6 Å². The lowest BCUT2D eigenvalue weighted by atomic mass is 9.96. The molecule has 0 saturated heterocycles. The maximum atomic E-state index is 14.9. The predicted octanol–water partition coefficient (Wildman–Crippen LogP) is 5.15. The van der Waals surface area contributed by atoms with E-state index in [1.54, 1.807) is 49.6 Å². The number of ether oxygens (including phenoxy) is 1. The molecule has 2 aromatic heterocycles. The van der Waals surface area contributed by atoms with Crippen molar-refractivity contribution in [1.82, 2.24) is 15.0 Å². The molecule has 0 aliphatic rings. The summed E-state index contributed by atoms with van der Waals surface area (Å²) < 4.78 is 20.4. The van der Waals surface area contributed by atoms with Crippen molar-refractivity contribution in [1.29, 1.82) is 0 Å². The molecule has 33 heavy (non-hydrogen) atoms. The smallest absolute Gasteiger partial charge is 0.322 e. The largest absolute Gasteiger partial charge is 0.421 e. The van der Waals surface area contributed by atoms with Crippen LogP contribution in [0.25, 0.3) is 22.3 Å². The fraction of sp³-hybridized carbons (Fsp3) is 0.0400. The first-order valence-corrected chi connectivity index (χ1v) is 10.00. The van der Waals surface area contributed by atoms with Gasteiger partial charge in [-0.1, -0.05) is 24.8 Å². The zero-order chi connectivity index (χ0) is 23.4. The molecule has 8 heteroatoms. The van der Waals surface area contributed by atoms with E-state index in [0.717, 1.165) is 11.1 Å². The summed E-state index contributed by atoms with van der Waals surface area (Å²) in [5.74, 6) is -0.528. The normalized spacial score (nSPS) is 10.5. The molecule has 0 unspecified atom stereocenters. The number of aromatic nitrogens is 3. The number of nitrogens with zero attached hydrogens (tertiary/aromatic N) is 3. The van der Waals surface area contributed by atoms with Gasteiger partial charge in [-0.05, 0) is 66.1 Å². The van der Waals surface area contributed by atoms with E-state index in [2.05, 4.69) is 26.8 Å². The highest BCUT2D eigenvalue weighted by atomic mass is 19.1. The Morgan fingerprint density at radius 2 is 1.82 bits per heavy atom. The number of nitrogens with one attached hydrogen (secondary N) is 1. The third-order valence-electron chi connectivity index (χ3n) is 4.79. The van der Waals surface area contributed by atoms with Gasteiger partial charge in [-0.3, -0.25) is 4.79 Å². The molecule has 7 nitrogen and oxygen atoms in total. The standard InChI is InChI=1S/C25H20FN5O2/c1-3-24(32)31-18-7-4-16(5-8-18)19-13-23(27)29-14-20(19)17-6-9-22(21(26)12-17)33-25-28-11-10-15(2)30-25/h3-14H,1H2,2H3,(H2,27,29)(H,31,32). The third kappa shape index (κ3) is 5.01. The van der Waals surface area contributed by atoms with Crippen LogP contribution in [-0.2, 0) is 4.79 Å². The molecule has 0 bridgehead atoms. The maximum absolute atomic E-state index is 14.9. The van der Waals surface area contributed by atoms with Crippen LogP contribution in [0.4, 0.5) is 15.9 Å². The number of halogens is 1. The summed E-state index contributed by atoms with van der Waals surface area (Å²) in [6.45, 7) is 5.23. The van der Waals surface area contributed by atoms with Gasteiger partial charge in [-0.2, -0.15) is 0 Å². The highest BCUT2D eigenvalue weighted by Crippen LogP contribution is 2.35. The Morgan fingerprint density at radius 3 is 2.52 bits per heavy atom. The van der Waals surface area contributed by atoms with Crippen LogP contribution in [-0.4, -0.2) is 20.9 Å². The Hall–Kier alpha value is -4.59. The van der Waals surface area contributed by atoms with E-state index in [-0.39, 0.29) is 17.7 Å². The van der Waals surface area contributed by atoms with E-state index in [9.17, 15) is 9.18 Å². The topological polar surface area (TPSA) is 103 Å². The van der Waals surface area contributed by atoms with Crippen LogP contribution in [0, 0.1) is 12.7 Å². The van der Waals surface area contributed by atoms with Crippen LogP contribution in [0.2, 0.25) is 0 Å². The summed E-state index contributed by atoms with van der Waals surface area (Å²) in [4.78, 5) is 23.8. The highest BCUT2D eigenvalue weighted by Gasteiger charge is 2.14. The van der Waals surface area contributed by atoms with Crippen LogP contribution < -0.4 is 15.8 Å². The van der Waals surface area contributed by atoms with Gasteiger partial charge in [-0.15, -0.1) is 0 Å². The lowest BCUT2D eigenvalue weighted by Gasteiger charge is -2.13. The van der Waals surface area contributed by atoms with Crippen LogP contribution >= 0.6 is 0 Å². The second kappa shape index (κ2) is 9.27. The van der Waals surface area contributed by atoms with Gasteiger partial charge in [-0.25, -0.2) is 19.3 Å². The molecule has 4 rings (SSSR count). The monoisotopic (exact) mass is 441 g/mol. The first-order chi connectivity index (χ1) is 15.9. The van der Waals surface area contributed by atoms with Gasteiger partial charge in [0.05, 0.1) is 0 Å². The van der Waals surface area contributed by atoms with Crippen molar-refractivity contribution in [2.45, 2.75) is 6.92 Å². The number of nitrogens with two attached hydrogens (primary N) is 1. The van der Waals surface area contributed by atoms with E-state index >= 15 is 0 Å². The summed E-state index contributed by atoms with van der Waals surface area (Å²) in [6, 6.07) is 15.3. The lowest BCUT2D eigenvalue weighted by Crippen LogP contribution is -2.06. The average molecular weight is 441 g/mol. The minimum absolute atomic E-state index is 0.0108. The molecular weight excluding hydrogens is 421 g/mol. The highest BCUT2D eigenvalue weighted by molar-refractivity contribution is 5.99. The Balaban J connectivity index is 1.66. The first kappa shape index (κ1) is 21.6. The number of benzene rings is 2. The van der Waals surface area contributed by atoms with Crippen molar-refractivity contribution in [3.05, 3.63) is 91.2 Å². The number of rotatable bonds is 6. The van der Waals surface area contributed by atoms with Gasteiger partial charge in [0, 0.05) is 29.3 Å². The minimum atomic E-state index is -0.567. The predicted molar refractivity (Wildman–Crippen MR) is 125 cm³/mol. The number of aryl methyl sites for hydroxylation is 1. The molecule has 2 aromatic carbocycles. The fourth-order valence-corrected chi connectivity index (χ4v) is 3.19. The molecule has 0 fully saturated rings. The van der Waals surface area contributed by atoms with E-state index in [1.165, 1.54) is 18.2 Å². The minimum Gasteiger partial charge on any atom is -0.421 e. The van der Waals surface area contributed by atoms with Crippen LogP contribution in [0.1, 0.15) is 5.69 Å². The molecule has 0 atom stereocenters. The summed E-state index contributed by atoms with van der Waals surface area (Å²) in [7, 11) is 0. The van der Waals surface area contributed by atoms with Crippen molar-refractivity contribution in [3.63, 3.8) is 0 Å². The van der Waals surface area contributed by atoms with E-state index in [0.29, 0.717) is 28.3 Å². The number of hydrogen-bond acceptors (Lipinski definition) is 6. The van der Waals surface area contributed by atoms with Crippen molar-refractivity contribution >= 4 is 17.4 Å². The van der Waals surface area contributed by atoms with Crippen molar-refractivity contribution in [3.8, 4) is 34.0 Å². The van der Waals surface area contributed by atoms with E-state index in [1.807, 2.05) is 12.1 Å². The molecule has 164 valence electrons. The average Bonchev–Trinajstić information content (AvgIpc) is 2.81. The summed E-state index contributed by atoms with van der Waals surface area (Å²) in [6.07, 6.45) is 4.34. The van der Waals surface area contributed by atoms with E-state index < -0.39 is 5.82 Å². The Labute approximate surface area is 189 Å². The van der Waals surface area contributed by atoms with Gasteiger partial charge < -0.3 is 15.8 Å². The number of nitrogen functional groups attached to an aromatic ring is 1. The first-order valence-electron chi connectivity index (χ1n) is 10.00. The molecule has 0 aliphatic heterocycles. The molecule has 3 N–H and O–H groups in total.